The molecule has 6 unspecified atom stereocenters. The molecule has 0 bridgehead atoms. The number of nitrogens with zero attached hydrogens (tertiary/aromatic N) is 1. The first kappa shape index (κ1) is 25.8. The zero-order valence-electron chi connectivity index (χ0n) is 20.4. The molecule has 2 saturated carbocycles. The number of carbonyl (C=O) groups is 5. The number of aliphatic hydroxyl groups is 1. The summed E-state index contributed by atoms with van der Waals surface area (Å²) in [6, 6.07) is 4.62. The number of ketones is 4. The van der Waals surface area contributed by atoms with Gasteiger partial charge in [-0.15, -0.1) is 0 Å². The summed E-state index contributed by atoms with van der Waals surface area (Å²) in [5.74, 6) is -13.8. The molecule has 4 N–H and O–H groups in total. The third-order valence-electron chi connectivity index (χ3n) is 8.18. The van der Waals surface area contributed by atoms with E-state index in [0.29, 0.717) is 11.1 Å². The number of hydrogen-bond donors (Lipinski definition) is 3. The molecule has 3 aliphatic rings. The van der Waals surface area contributed by atoms with Crippen molar-refractivity contribution >= 4 is 29.0 Å². The van der Waals surface area contributed by atoms with Gasteiger partial charge < -0.3 is 15.9 Å². The normalized spacial score (nSPS) is 30.6. The van der Waals surface area contributed by atoms with Crippen molar-refractivity contribution in [1.29, 1.82) is 0 Å². The van der Waals surface area contributed by atoms with Gasteiger partial charge in [-0.3, -0.25) is 28.9 Å². The molecule has 198 valence electrons. The minimum atomic E-state index is -2.82. The van der Waals surface area contributed by atoms with Crippen molar-refractivity contribution in [3.63, 3.8) is 0 Å². The molecular weight excluding hydrogens is 502 g/mol. The maximum Gasteiger partial charge on any atom is 0.235 e. The van der Waals surface area contributed by atoms with Crippen molar-refractivity contribution in [2.45, 2.75) is 24.5 Å². The number of benzene rings is 2. The smallest absolute Gasteiger partial charge is 0.235 e. The van der Waals surface area contributed by atoms with E-state index in [2.05, 4.69) is 0 Å². The zero-order valence-corrected chi connectivity index (χ0v) is 20.4. The van der Waals surface area contributed by atoms with E-state index in [9.17, 15) is 43.0 Å². The first-order chi connectivity index (χ1) is 17.8. The summed E-state index contributed by atoms with van der Waals surface area (Å²) in [5.41, 5.74) is 3.13. The number of halogens is 2. The number of amides is 1. The lowest BCUT2D eigenvalue weighted by Gasteiger charge is -2.52. The number of nitrogens with two attached hydrogens (primary N) is 1. The van der Waals surface area contributed by atoms with Gasteiger partial charge in [-0.25, -0.2) is 8.78 Å². The predicted molar refractivity (Wildman–Crippen MR) is 127 cm³/mol. The lowest BCUT2D eigenvalue weighted by atomic mass is 9.52. The van der Waals surface area contributed by atoms with Gasteiger partial charge in [0.2, 0.25) is 5.91 Å². The van der Waals surface area contributed by atoms with Crippen LogP contribution in [-0.2, 0) is 25.6 Å². The maximum atomic E-state index is 14.0. The van der Waals surface area contributed by atoms with Crippen molar-refractivity contribution in [3.8, 4) is 16.9 Å². The van der Waals surface area contributed by atoms with E-state index in [1.165, 1.54) is 37.2 Å². The summed E-state index contributed by atoms with van der Waals surface area (Å²) in [6.45, 7) is 0. The van der Waals surface area contributed by atoms with E-state index >= 15 is 0 Å². The highest BCUT2D eigenvalue weighted by Crippen LogP contribution is 2.51. The van der Waals surface area contributed by atoms with Crippen LogP contribution in [0, 0.1) is 35.3 Å². The van der Waals surface area contributed by atoms with E-state index < -0.39 is 81.7 Å². The Bertz CT molecular complexity index is 1460. The number of phenols is 1. The zero-order chi connectivity index (χ0) is 27.8. The number of fused-ring (bicyclic) bond motifs is 3. The highest BCUT2D eigenvalue weighted by Gasteiger charge is 2.69. The highest BCUT2D eigenvalue weighted by molar-refractivity contribution is 6.32. The molecule has 0 spiro atoms. The fourth-order valence-electron chi connectivity index (χ4n) is 6.54. The molecule has 38 heavy (non-hydrogen) atoms. The molecule has 5 rings (SSSR count). The van der Waals surface area contributed by atoms with E-state index in [1.807, 2.05) is 0 Å². The van der Waals surface area contributed by atoms with Crippen LogP contribution in [0.1, 0.15) is 22.3 Å². The number of Topliss-reactive ketones (excluding diaryl/α,β-unsaturated/α-hetero) is 4. The second-order valence-corrected chi connectivity index (χ2v) is 10.4. The molecule has 6 atom stereocenters. The SMILES string of the molecule is CN(C)C1C(=O)C(C(N)=O)C(=O)C2(O)C(=O)C3C(=O)c4c(O)ccc(-c5ccc(F)c(F)c5)c4CC3CC12. The summed E-state index contributed by atoms with van der Waals surface area (Å²) >= 11 is 0. The lowest BCUT2D eigenvalue weighted by molar-refractivity contribution is -0.181. The average Bonchev–Trinajstić information content (AvgIpc) is 2.83. The molecule has 2 aromatic carbocycles. The maximum absolute atomic E-state index is 14.0. The minimum absolute atomic E-state index is 0.00850. The number of aromatic hydroxyl groups is 1. The minimum Gasteiger partial charge on any atom is -0.507 e. The average molecular weight is 526 g/mol. The molecule has 2 aromatic rings. The van der Waals surface area contributed by atoms with E-state index in [0.717, 1.165) is 12.1 Å². The van der Waals surface area contributed by atoms with Gasteiger partial charge in [-0.05, 0) is 67.7 Å². The molecule has 0 radical (unpaired) electrons. The Morgan fingerprint density at radius 1 is 1.05 bits per heavy atom. The van der Waals surface area contributed by atoms with Crippen LogP contribution in [0.4, 0.5) is 8.78 Å². The van der Waals surface area contributed by atoms with Crippen molar-refractivity contribution < 1.29 is 43.0 Å². The molecular formula is C27H24F2N2O7. The third kappa shape index (κ3) is 3.38. The van der Waals surface area contributed by atoms with Gasteiger partial charge in [-0.2, -0.15) is 0 Å². The predicted octanol–water partition coefficient (Wildman–Crippen LogP) is 0.812. The number of carbonyl (C=O) groups excluding carboxylic acids is 5. The topological polar surface area (TPSA) is 155 Å². The summed E-state index contributed by atoms with van der Waals surface area (Å²) < 4.78 is 27.6. The van der Waals surface area contributed by atoms with Gasteiger partial charge in [0.25, 0.3) is 0 Å². The second kappa shape index (κ2) is 8.60. The number of phenolic OH excluding ortho intramolecular Hbond substituents is 1. The number of likely N-dealkylation sites (N-methyl/N-ethyl adjacent to an activating group) is 1. The Kier molecular flexibility index (Phi) is 5.84. The van der Waals surface area contributed by atoms with Gasteiger partial charge in [0, 0.05) is 5.92 Å². The standard InChI is InChI=1S/C27H24F2N2O7/c1-31(2)21-14-8-11-7-13-12(10-3-5-15(28)16(29)9-10)4-6-17(32)19(13)22(33)18(11)24(35)27(14,38)25(36)20(23(21)34)26(30)37/h3-6,9,11,14,18,20-21,32,38H,7-8H2,1-2H3,(H2,30,37). The third-order valence-corrected chi connectivity index (χ3v) is 8.18. The van der Waals surface area contributed by atoms with Crippen LogP contribution in [0.25, 0.3) is 11.1 Å². The van der Waals surface area contributed by atoms with E-state index in [4.69, 9.17) is 5.73 Å². The van der Waals surface area contributed by atoms with Crippen LogP contribution in [0.3, 0.4) is 0 Å². The number of primary amides is 1. The summed E-state index contributed by atoms with van der Waals surface area (Å²) in [7, 11) is 2.99. The Morgan fingerprint density at radius 3 is 2.34 bits per heavy atom. The van der Waals surface area contributed by atoms with E-state index in [-0.39, 0.29) is 24.0 Å². The van der Waals surface area contributed by atoms with Crippen LogP contribution in [-0.4, -0.2) is 69.9 Å². The molecule has 0 aliphatic heterocycles. The summed E-state index contributed by atoms with van der Waals surface area (Å²) in [4.78, 5) is 67.3. The fraction of sp³-hybridized carbons (Fsp3) is 0.370. The van der Waals surface area contributed by atoms with Crippen molar-refractivity contribution in [2.75, 3.05) is 14.1 Å². The Balaban J connectivity index is 1.66. The molecule has 3 aliphatic carbocycles. The largest absolute Gasteiger partial charge is 0.507 e. The number of hydrogen-bond acceptors (Lipinski definition) is 8. The molecule has 1 amide bonds. The second-order valence-electron chi connectivity index (χ2n) is 10.4. The lowest BCUT2D eigenvalue weighted by Crippen LogP contribution is -2.74. The quantitative estimate of drug-likeness (QED) is 0.497. The Labute approximate surface area is 215 Å². The van der Waals surface area contributed by atoms with Gasteiger partial charge in [-0.1, -0.05) is 12.1 Å². The summed E-state index contributed by atoms with van der Waals surface area (Å²) in [5, 5.41) is 22.1. The van der Waals surface area contributed by atoms with Crippen LogP contribution >= 0.6 is 0 Å². The van der Waals surface area contributed by atoms with Gasteiger partial charge in [0.1, 0.15) is 5.75 Å². The van der Waals surface area contributed by atoms with Crippen molar-refractivity contribution in [1.82, 2.24) is 4.90 Å². The van der Waals surface area contributed by atoms with Crippen LogP contribution < -0.4 is 5.73 Å². The molecule has 9 nitrogen and oxygen atoms in total. The molecule has 0 aromatic heterocycles. The first-order valence-electron chi connectivity index (χ1n) is 12.0. The Hall–Kier alpha value is -3.83. The highest BCUT2D eigenvalue weighted by atomic mass is 19.2. The monoisotopic (exact) mass is 526 g/mol. The first-order valence-corrected chi connectivity index (χ1v) is 12.0. The van der Waals surface area contributed by atoms with E-state index in [1.54, 1.807) is 0 Å². The van der Waals surface area contributed by atoms with Crippen LogP contribution in [0.5, 0.6) is 5.75 Å². The van der Waals surface area contributed by atoms with Gasteiger partial charge in [0.15, 0.2) is 46.3 Å². The van der Waals surface area contributed by atoms with Gasteiger partial charge in [0.05, 0.1) is 17.5 Å². The molecule has 0 heterocycles. The Morgan fingerprint density at radius 2 is 1.74 bits per heavy atom. The fourth-order valence-corrected chi connectivity index (χ4v) is 6.54. The number of rotatable bonds is 3. The summed E-state index contributed by atoms with van der Waals surface area (Å²) in [6.07, 6.45) is -0.106. The van der Waals surface area contributed by atoms with Crippen LogP contribution in [0.2, 0.25) is 0 Å². The van der Waals surface area contributed by atoms with Crippen LogP contribution in [0.15, 0.2) is 30.3 Å². The van der Waals surface area contributed by atoms with Crippen molar-refractivity contribution in [2.24, 2.45) is 29.4 Å². The molecule has 2 fully saturated rings. The van der Waals surface area contributed by atoms with Gasteiger partial charge >= 0.3 is 0 Å². The molecule has 11 heteroatoms. The van der Waals surface area contributed by atoms with Crippen molar-refractivity contribution in [3.05, 3.63) is 53.1 Å². The molecule has 0 saturated heterocycles.